The van der Waals surface area contributed by atoms with Gasteiger partial charge in [-0.1, -0.05) is 20.8 Å². The molecule has 1 saturated carbocycles. The Kier molecular flexibility index (Phi) is 12.3. The molecule has 0 aromatic rings. The summed E-state index contributed by atoms with van der Waals surface area (Å²) in [6, 6.07) is 0. The minimum atomic E-state index is -0.546. The molecule has 1 unspecified atom stereocenters. The molecule has 0 bridgehead atoms. The molecule has 113 valence electrons. The van der Waals surface area contributed by atoms with Gasteiger partial charge in [0.25, 0.3) is 0 Å². The molecule has 0 aliphatic heterocycles. The van der Waals surface area contributed by atoms with Crippen molar-refractivity contribution >= 4 is 28.6 Å². The molecule has 0 amide bonds. The molecule has 1 rings (SSSR count). The van der Waals surface area contributed by atoms with Crippen LogP contribution in [0.3, 0.4) is 0 Å². The van der Waals surface area contributed by atoms with Crippen molar-refractivity contribution in [3.05, 3.63) is 18.3 Å². The van der Waals surface area contributed by atoms with Gasteiger partial charge in [0, 0.05) is 0 Å². The number of aliphatic hydroxyl groups is 1. The second-order valence-electron chi connectivity index (χ2n) is 5.98. The molecule has 0 heterocycles. The molecule has 19 heavy (non-hydrogen) atoms. The molecule has 0 saturated heterocycles. The summed E-state index contributed by atoms with van der Waals surface area (Å²) in [6.45, 7) is 6.71. The van der Waals surface area contributed by atoms with Crippen LogP contribution in [-0.4, -0.2) is 17.8 Å². The van der Waals surface area contributed by atoms with Gasteiger partial charge in [0.1, 0.15) is 0 Å². The van der Waals surface area contributed by atoms with Crippen LogP contribution in [0.1, 0.15) is 52.9 Å². The van der Waals surface area contributed by atoms with Crippen LogP contribution >= 0.6 is 28.6 Å². The van der Waals surface area contributed by atoms with Gasteiger partial charge in [-0.05, 0) is 49.5 Å². The van der Waals surface area contributed by atoms with Gasteiger partial charge in [0.2, 0.25) is 0 Å². The zero-order chi connectivity index (χ0) is 14.9. The van der Waals surface area contributed by atoms with E-state index in [1.54, 1.807) is 13.4 Å². The van der Waals surface area contributed by atoms with Gasteiger partial charge in [-0.2, -0.15) is 0 Å². The van der Waals surface area contributed by atoms with Crippen molar-refractivity contribution in [1.82, 2.24) is 0 Å². The Morgan fingerprint density at radius 2 is 2.00 bits per heavy atom. The van der Waals surface area contributed by atoms with Crippen molar-refractivity contribution in [1.29, 1.82) is 0 Å². The van der Waals surface area contributed by atoms with E-state index in [2.05, 4.69) is 49.3 Å². The van der Waals surface area contributed by atoms with Crippen LogP contribution in [0.25, 0.3) is 0 Å². The summed E-state index contributed by atoms with van der Waals surface area (Å²) >= 11 is 5.07. The Bertz CT molecular complexity index is 267. The molecular weight excluding hydrogens is 604 g/mol. The predicted octanol–water partition coefficient (Wildman–Crippen LogP) is 5.23. The van der Waals surface area contributed by atoms with Crippen molar-refractivity contribution in [2.24, 2.45) is 5.41 Å². The number of halogens is 2. The van der Waals surface area contributed by atoms with E-state index in [0.717, 1.165) is 19.3 Å². The summed E-state index contributed by atoms with van der Waals surface area (Å²) in [5.41, 5.74) is -0.324. The van der Waals surface area contributed by atoms with Crippen LogP contribution in [0, 0.1) is 36.8 Å². The first-order chi connectivity index (χ1) is 8.79. The molecule has 1 aliphatic rings. The Hall–Kier alpha value is 2.30. The Morgan fingerprint density at radius 3 is 2.47 bits per heavy atom. The van der Waals surface area contributed by atoms with E-state index in [4.69, 9.17) is 4.74 Å². The summed E-state index contributed by atoms with van der Waals surface area (Å²) < 4.78 is 4.87. The molecule has 1 fully saturated rings. The monoisotopic (exact) mass is 631 g/mol. The van der Waals surface area contributed by atoms with Crippen molar-refractivity contribution in [2.75, 3.05) is 7.11 Å². The zero-order valence-corrected chi connectivity index (χ0v) is 19.1. The Balaban J connectivity index is 0.000000982. The maximum absolute atomic E-state index is 10.5. The number of hydrogen-bond acceptors (Lipinski definition) is 2. The first-order valence-corrected chi connectivity index (χ1v) is 21.5. The van der Waals surface area contributed by atoms with Gasteiger partial charge in [0.05, 0.1) is 19.0 Å². The van der Waals surface area contributed by atoms with Gasteiger partial charge in [-0.15, -0.1) is 0 Å². The summed E-state index contributed by atoms with van der Waals surface area (Å²) in [7, 11) is 1.63. The molecule has 0 aromatic carbocycles. The fraction of sp³-hybridized carbons (Fsp3) is 0.786. The van der Waals surface area contributed by atoms with Gasteiger partial charge in [-0.25, -0.2) is 0 Å². The standard InChI is InChI=1S/C14H25O2.2HI.Sm/c1-13(2,3)12-7-5-8-14(15,11-12)9-6-10-16-4;;;/h6,10,15H,5,7-9,11H2,1-4H3;2*1H;/q;;;+2/p-2. The molecule has 1 aliphatic carbocycles. The average molecular weight is 630 g/mol. The first kappa shape index (κ1) is 21.3. The zero-order valence-electron chi connectivity index (χ0n) is 12.2. The summed E-state index contributed by atoms with van der Waals surface area (Å²) in [5.74, 6) is 1.49. The Morgan fingerprint density at radius 1 is 1.42 bits per heavy atom. The summed E-state index contributed by atoms with van der Waals surface area (Å²) in [5, 5.41) is 10.5. The van der Waals surface area contributed by atoms with E-state index >= 15 is 0 Å². The van der Waals surface area contributed by atoms with Crippen LogP contribution < -0.4 is 0 Å². The topological polar surface area (TPSA) is 29.5 Å². The van der Waals surface area contributed by atoms with E-state index in [-0.39, 0.29) is 30.9 Å². The number of hydrogen-bond donors (Lipinski definition) is 1. The minimum absolute atomic E-state index is 0.190. The summed E-state index contributed by atoms with van der Waals surface area (Å²) in [4.78, 5) is 0. The third-order valence-corrected chi connectivity index (χ3v) is 3.45. The van der Waals surface area contributed by atoms with E-state index in [1.165, 1.54) is 12.3 Å². The van der Waals surface area contributed by atoms with Gasteiger partial charge in [-0.3, -0.25) is 0 Å². The maximum atomic E-state index is 10.5. The van der Waals surface area contributed by atoms with Crippen molar-refractivity contribution in [3.63, 3.8) is 0 Å². The third kappa shape index (κ3) is 9.83. The molecule has 0 spiro atoms. The molecule has 2 nitrogen and oxygen atoms in total. The Labute approximate surface area is 150 Å². The van der Waals surface area contributed by atoms with E-state index in [0.29, 0.717) is 6.42 Å². The molecule has 1 atom stereocenters. The van der Waals surface area contributed by atoms with E-state index < -0.39 is 5.60 Å². The summed E-state index contributed by atoms with van der Waals surface area (Å²) in [6.07, 6.45) is 8.28. The average Bonchev–Trinajstić information content (AvgIpc) is 2.29. The molecule has 0 aromatic heterocycles. The van der Waals surface area contributed by atoms with Crippen LogP contribution in [0.2, 0.25) is 0 Å². The predicted molar refractivity (Wildman–Crippen MR) is 94.9 cm³/mol. The second-order valence-corrected chi connectivity index (χ2v) is 25.4. The van der Waals surface area contributed by atoms with Crippen molar-refractivity contribution in [3.8, 4) is 0 Å². The SMILES string of the molecule is COC=CCC1(O)CCC[C](C(C)(C)C)C1.[I][Sm][I]. The van der Waals surface area contributed by atoms with Gasteiger partial charge in [0.15, 0.2) is 0 Å². The molecular formula is C14H25I2O2Sm. The van der Waals surface area contributed by atoms with Gasteiger partial charge < -0.3 is 9.84 Å². The first-order valence-electron chi connectivity index (χ1n) is 6.44. The van der Waals surface area contributed by atoms with Crippen LogP contribution in [0.5, 0.6) is 0 Å². The van der Waals surface area contributed by atoms with Crippen LogP contribution in [0.4, 0.5) is 0 Å². The number of methoxy groups -OCH3 is 1. The number of rotatable bonds is 3. The second kappa shape index (κ2) is 10.9. The molecule has 1 radical (unpaired) electrons. The third-order valence-electron chi connectivity index (χ3n) is 3.45. The fourth-order valence-corrected chi connectivity index (χ4v) is 2.38. The van der Waals surface area contributed by atoms with Crippen molar-refractivity contribution < 1.29 is 35.3 Å². The normalized spacial score (nSPS) is 25.0. The van der Waals surface area contributed by atoms with E-state index in [9.17, 15) is 5.11 Å². The van der Waals surface area contributed by atoms with Crippen molar-refractivity contribution in [2.45, 2.75) is 58.5 Å². The molecule has 5 heteroatoms. The number of ether oxygens (including phenoxy) is 1. The van der Waals surface area contributed by atoms with E-state index in [1.807, 2.05) is 6.08 Å². The quantitative estimate of drug-likeness (QED) is 0.343. The molecule has 1 N–H and O–H groups in total. The fourth-order valence-electron chi connectivity index (χ4n) is 2.38. The van der Waals surface area contributed by atoms with Gasteiger partial charge >= 0.3 is 54.0 Å². The van der Waals surface area contributed by atoms with Crippen LogP contribution in [-0.2, 0) is 4.74 Å². The van der Waals surface area contributed by atoms with Crippen LogP contribution in [0.15, 0.2) is 12.3 Å².